The Morgan fingerprint density at radius 2 is 1.65 bits per heavy atom. The molecule has 1 rings (SSSR count). The second-order valence-corrected chi connectivity index (χ2v) is 4.80. The largest absolute Gasteiger partial charge is 0.328 e. The van der Waals surface area contributed by atoms with Gasteiger partial charge in [-0.15, -0.1) is 0 Å². The number of nitrogens with one attached hydrogen (secondary N) is 2. The summed E-state index contributed by atoms with van der Waals surface area (Å²) in [4.78, 5) is 45.9. The predicted molar refractivity (Wildman–Crippen MR) is 58.9 cm³/mol. The molecule has 1 heterocycles. The van der Waals surface area contributed by atoms with Crippen molar-refractivity contribution in [2.24, 2.45) is 11.3 Å². The van der Waals surface area contributed by atoms with Gasteiger partial charge in [0.15, 0.2) is 0 Å². The minimum Gasteiger partial charge on any atom is -0.300 e. The van der Waals surface area contributed by atoms with Crippen molar-refractivity contribution in [2.75, 3.05) is 0 Å². The van der Waals surface area contributed by atoms with Gasteiger partial charge in [-0.1, -0.05) is 13.8 Å². The Morgan fingerprint density at radius 3 is 2.00 bits per heavy atom. The summed E-state index contributed by atoms with van der Waals surface area (Å²) in [6, 6.07) is -0.831. The maximum Gasteiger partial charge on any atom is 0.328 e. The lowest BCUT2D eigenvalue weighted by Gasteiger charge is -2.34. The number of barbiturate groups is 1. The van der Waals surface area contributed by atoms with Crippen molar-refractivity contribution in [3.05, 3.63) is 0 Å². The van der Waals surface area contributed by atoms with Gasteiger partial charge in [0, 0.05) is 6.42 Å². The average Bonchev–Trinajstić information content (AvgIpc) is 2.12. The molecule has 0 atom stereocenters. The van der Waals surface area contributed by atoms with Crippen LogP contribution in [0.2, 0.25) is 0 Å². The molecule has 4 amide bonds. The first-order chi connectivity index (χ1) is 7.78. The fourth-order valence-corrected chi connectivity index (χ4v) is 2.12. The Morgan fingerprint density at radius 1 is 1.18 bits per heavy atom. The van der Waals surface area contributed by atoms with Gasteiger partial charge >= 0.3 is 6.03 Å². The highest BCUT2D eigenvalue weighted by Crippen LogP contribution is 2.33. The molecule has 0 aromatic rings. The number of ketones is 1. The lowest BCUT2D eigenvalue weighted by Crippen LogP contribution is -2.63. The Bertz CT molecular complexity index is 367. The number of amides is 4. The standard InChI is InChI=1S/C11H16N2O4/c1-6(2)4-11(5-7(3)14)8(15)12-10(17)13-9(11)16/h6H,4-5H2,1-3H3,(H2,12,13,15,16,17). The van der Waals surface area contributed by atoms with Crippen LogP contribution in [0.5, 0.6) is 0 Å². The van der Waals surface area contributed by atoms with Crippen molar-refractivity contribution in [1.29, 1.82) is 0 Å². The second-order valence-electron chi connectivity index (χ2n) is 4.80. The number of hydrogen-bond acceptors (Lipinski definition) is 4. The van der Waals surface area contributed by atoms with Crippen LogP contribution in [0.15, 0.2) is 0 Å². The van der Waals surface area contributed by atoms with E-state index in [-0.39, 0.29) is 24.5 Å². The Balaban J connectivity index is 3.10. The second kappa shape index (κ2) is 4.65. The molecular weight excluding hydrogens is 224 g/mol. The lowest BCUT2D eigenvalue weighted by atomic mass is 9.74. The molecule has 0 radical (unpaired) electrons. The first kappa shape index (κ1) is 13.3. The monoisotopic (exact) mass is 240 g/mol. The fourth-order valence-electron chi connectivity index (χ4n) is 2.12. The first-order valence-electron chi connectivity index (χ1n) is 5.44. The Hall–Kier alpha value is -1.72. The van der Waals surface area contributed by atoms with E-state index in [1.807, 2.05) is 24.5 Å². The molecule has 0 saturated carbocycles. The van der Waals surface area contributed by atoms with Gasteiger partial charge in [-0.3, -0.25) is 25.0 Å². The summed E-state index contributed by atoms with van der Waals surface area (Å²) in [5.41, 5.74) is -1.45. The van der Waals surface area contributed by atoms with Crippen LogP contribution in [0.1, 0.15) is 33.6 Å². The summed E-state index contributed by atoms with van der Waals surface area (Å²) in [5.74, 6) is -1.57. The minimum atomic E-state index is -1.45. The highest BCUT2D eigenvalue weighted by atomic mass is 16.2. The predicted octanol–water partition coefficient (Wildman–Crippen LogP) is 0.364. The van der Waals surface area contributed by atoms with E-state index in [2.05, 4.69) is 0 Å². The maximum atomic E-state index is 11.9. The summed E-state index contributed by atoms with van der Waals surface area (Å²) in [6.45, 7) is 5.01. The van der Waals surface area contributed by atoms with Gasteiger partial charge in [-0.25, -0.2) is 4.79 Å². The Labute approximate surface area is 99.1 Å². The molecule has 0 unspecified atom stereocenters. The number of imide groups is 2. The average molecular weight is 240 g/mol. The molecule has 1 fully saturated rings. The summed E-state index contributed by atoms with van der Waals surface area (Å²) >= 11 is 0. The summed E-state index contributed by atoms with van der Waals surface area (Å²) in [5, 5.41) is 4.10. The molecule has 0 spiro atoms. The highest BCUT2D eigenvalue weighted by Gasteiger charge is 2.51. The smallest absolute Gasteiger partial charge is 0.300 e. The molecule has 0 aromatic heterocycles. The molecule has 0 aromatic carbocycles. The van der Waals surface area contributed by atoms with Crippen LogP contribution in [0.25, 0.3) is 0 Å². The van der Waals surface area contributed by atoms with E-state index >= 15 is 0 Å². The number of hydrogen-bond donors (Lipinski definition) is 2. The van der Waals surface area contributed by atoms with Gasteiger partial charge in [0.25, 0.3) is 0 Å². The third-order valence-electron chi connectivity index (χ3n) is 2.63. The quantitative estimate of drug-likeness (QED) is 0.694. The third-order valence-corrected chi connectivity index (χ3v) is 2.63. The van der Waals surface area contributed by atoms with E-state index in [9.17, 15) is 19.2 Å². The summed E-state index contributed by atoms with van der Waals surface area (Å²) in [6.07, 6.45) is 0.0493. The van der Waals surface area contributed by atoms with E-state index in [0.29, 0.717) is 0 Å². The number of rotatable bonds is 4. The SMILES string of the molecule is CC(=O)CC1(CC(C)C)C(=O)NC(=O)NC1=O. The van der Waals surface area contributed by atoms with Crippen molar-refractivity contribution in [3.8, 4) is 0 Å². The zero-order chi connectivity index (χ0) is 13.2. The van der Waals surface area contributed by atoms with Crippen molar-refractivity contribution in [3.63, 3.8) is 0 Å². The van der Waals surface area contributed by atoms with Crippen LogP contribution in [0, 0.1) is 11.3 Å². The van der Waals surface area contributed by atoms with Gasteiger partial charge in [0.1, 0.15) is 11.2 Å². The van der Waals surface area contributed by atoms with Crippen LogP contribution in [-0.4, -0.2) is 23.6 Å². The number of urea groups is 1. The Kier molecular flexibility index (Phi) is 3.65. The molecule has 94 valence electrons. The van der Waals surface area contributed by atoms with E-state index in [4.69, 9.17) is 0 Å². The lowest BCUT2D eigenvalue weighted by molar-refractivity contribution is -0.148. The van der Waals surface area contributed by atoms with Crippen molar-refractivity contribution >= 4 is 23.6 Å². The molecule has 0 bridgehead atoms. The number of Topliss-reactive ketones (excluding diaryl/α,β-unsaturated/α-hetero) is 1. The van der Waals surface area contributed by atoms with Crippen LogP contribution in [0.4, 0.5) is 4.79 Å². The zero-order valence-corrected chi connectivity index (χ0v) is 10.1. The van der Waals surface area contributed by atoms with Gasteiger partial charge in [0.05, 0.1) is 0 Å². The third kappa shape index (κ3) is 2.69. The van der Waals surface area contributed by atoms with E-state index < -0.39 is 23.3 Å². The molecule has 17 heavy (non-hydrogen) atoms. The molecule has 6 heteroatoms. The number of carbonyl (C=O) groups is 4. The van der Waals surface area contributed by atoms with Crippen molar-refractivity contribution in [2.45, 2.75) is 33.6 Å². The molecule has 1 aliphatic rings. The van der Waals surface area contributed by atoms with Gasteiger partial charge in [-0.05, 0) is 19.3 Å². The minimum absolute atomic E-state index is 0.0547. The molecule has 6 nitrogen and oxygen atoms in total. The number of carbonyl (C=O) groups excluding carboxylic acids is 4. The summed E-state index contributed by atoms with van der Waals surface area (Å²) < 4.78 is 0. The highest BCUT2D eigenvalue weighted by molar-refractivity contribution is 6.20. The normalized spacial score (nSPS) is 18.9. The topological polar surface area (TPSA) is 92.3 Å². The molecule has 2 N–H and O–H groups in total. The van der Waals surface area contributed by atoms with Crippen LogP contribution in [-0.2, 0) is 14.4 Å². The van der Waals surface area contributed by atoms with Crippen molar-refractivity contribution in [1.82, 2.24) is 10.6 Å². The molecule has 0 aliphatic carbocycles. The van der Waals surface area contributed by atoms with Crippen LogP contribution in [0.3, 0.4) is 0 Å². The van der Waals surface area contributed by atoms with Gasteiger partial charge in [0.2, 0.25) is 11.8 Å². The molecular formula is C11H16N2O4. The van der Waals surface area contributed by atoms with E-state index in [0.717, 1.165) is 0 Å². The van der Waals surface area contributed by atoms with Gasteiger partial charge < -0.3 is 0 Å². The fraction of sp³-hybridized carbons (Fsp3) is 0.636. The first-order valence-corrected chi connectivity index (χ1v) is 5.44. The molecule has 1 saturated heterocycles. The molecule has 1 aliphatic heterocycles. The zero-order valence-electron chi connectivity index (χ0n) is 10.1. The van der Waals surface area contributed by atoms with Crippen LogP contribution >= 0.6 is 0 Å². The van der Waals surface area contributed by atoms with Gasteiger partial charge in [-0.2, -0.15) is 0 Å². The van der Waals surface area contributed by atoms with Crippen LogP contribution < -0.4 is 10.6 Å². The van der Waals surface area contributed by atoms with E-state index in [1.54, 1.807) is 0 Å². The van der Waals surface area contributed by atoms with Crippen molar-refractivity contribution < 1.29 is 19.2 Å². The maximum absolute atomic E-state index is 11.9. The summed E-state index contributed by atoms with van der Waals surface area (Å²) in [7, 11) is 0. The van der Waals surface area contributed by atoms with E-state index in [1.165, 1.54) is 6.92 Å².